The Morgan fingerprint density at radius 1 is 1.70 bits per heavy atom. The SMILES string of the molecule is C=C/C(S)=C(\C)CN(C)S. The molecular weight excluding hydrogens is 162 g/mol. The highest BCUT2D eigenvalue weighted by Gasteiger charge is 1.95. The van der Waals surface area contributed by atoms with Crippen molar-refractivity contribution in [1.29, 1.82) is 0 Å². The van der Waals surface area contributed by atoms with E-state index in [1.54, 1.807) is 10.4 Å². The lowest BCUT2D eigenvalue weighted by atomic mass is 10.3. The lowest BCUT2D eigenvalue weighted by Crippen LogP contribution is -2.08. The van der Waals surface area contributed by atoms with Crippen LogP contribution < -0.4 is 0 Å². The van der Waals surface area contributed by atoms with Gasteiger partial charge < -0.3 is 0 Å². The third-order valence-electron chi connectivity index (χ3n) is 1.10. The van der Waals surface area contributed by atoms with E-state index < -0.39 is 0 Å². The summed E-state index contributed by atoms with van der Waals surface area (Å²) in [5.41, 5.74) is 1.18. The van der Waals surface area contributed by atoms with Crippen LogP contribution in [0.4, 0.5) is 0 Å². The van der Waals surface area contributed by atoms with Crippen LogP contribution in [0, 0.1) is 0 Å². The van der Waals surface area contributed by atoms with Crippen molar-refractivity contribution in [3.63, 3.8) is 0 Å². The van der Waals surface area contributed by atoms with E-state index in [9.17, 15) is 0 Å². The van der Waals surface area contributed by atoms with Gasteiger partial charge in [-0.1, -0.05) is 25.5 Å². The highest BCUT2D eigenvalue weighted by Crippen LogP contribution is 2.10. The quantitative estimate of drug-likeness (QED) is 0.491. The fourth-order valence-electron chi connectivity index (χ4n) is 0.598. The summed E-state index contributed by atoms with van der Waals surface area (Å²) in [6.45, 7) is 6.44. The van der Waals surface area contributed by atoms with Crippen molar-refractivity contribution in [2.45, 2.75) is 6.92 Å². The van der Waals surface area contributed by atoms with Crippen LogP contribution >= 0.6 is 25.4 Å². The van der Waals surface area contributed by atoms with Crippen molar-refractivity contribution in [1.82, 2.24) is 4.31 Å². The largest absolute Gasteiger partial charge is 0.252 e. The van der Waals surface area contributed by atoms with Gasteiger partial charge in [-0.05, 0) is 19.5 Å². The predicted molar refractivity (Wildman–Crippen MR) is 53.5 cm³/mol. The van der Waals surface area contributed by atoms with Crippen molar-refractivity contribution in [3.8, 4) is 0 Å². The van der Waals surface area contributed by atoms with Gasteiger partial charge in [-0.3, -0.25) is 4.31 Å². The van der Waals surface area contributed by atoms with Gasteiger partial charge in [0.1, 0.15) is 0 Å². The molecule has 0 aromatic heterocycles. The average Bonchev–Trinajstić information content (AvgIpc) is 1.85. The standard InChI is InChI=1S/C7H13NS2/c1-4-7(9)6(2)5-8(3)10/h4,9-10H,1,5H2,2-3H3/b7-6-. The van der Waals surface area contributed by atoms with Crippen molar-refractivity contribution in [3.05, 3.63) is 23.1 Å². The first-order chi connectivity index (χ1) is 4.57. The fourth-order valence-corrected chi connectivity index (χ4v) is 0.881. The normalized spacial score (nSPS) is 13.3. The molecule has 0 saturated heterocycles. The van der Waals surface area contributed by atoms with Gasteiger partial charge in [0.2, 0.25) is 0 Å². The maximum Gasteiger partial charge on any atom is 0.0305 e. The zero-order valence-electron chi connectivity index (χ0n) is 6.33. The van der Waals surface area contributed by atoms with Crippen molar-refractivity contribution >= 4 is 25.4 Å². The molecule has 0 radical (unpaired) electrons. The van der Waals surface area contributed by atoms with Crippen LogP contribution in [0.5, 0.6) is 0 Å². The smallest absolute Gasteiger partial charge is 0.0305 e. The minimum absolute atomic E-state index is 0.813. The summed E-state index contributed by atoms with van der Waals surface area (Å²) in [5, 5.41) is 0. The van der Waals surface area contributed by atoms with E-state index in [-0.39, 0.29) is 0 Å². The third kappa shape index (κ3) is 4.04. The van der Waals surface area contributed by atoms with E-state index in [0.717, 1.165) is 11.4 Å². The summed E-state index contributed by atoms with van der Waals surface area (Å²) in [6, 6.07) is 0. The summed E-state index contributed by atoms with van der Waals surface area (Å²) in [4.78, 5) is 0.931. The fraction of sp³-hybridized carbons (Fsp3) is 0.429. The first kappa shape index (κ1) is 10.1. The first-order valence-corrected chi connectivity index (χ1v) is 3.83. The number of allylic oxidation sites excluding steroid dienone is 1. The van der Waals surface area contributed by atoms with Gasteiger partial charge in [-0.25, -0.2) is 0 Å². The van der Waals surface area contributed by atoms with Crippen molar-refractivity contribution in [2.24, 2.45) is 0 Å². The lowest BCUT2D eigenvalue weighted by Gasteiger charge is -2.09. The van der Waals surface area contributed by atoms with E-state index in [0.29, 0.717) is 0 Å². The Morgan fingerprint density at radius 2 is 2.20 bits per heavy atom. The Labute approximate surface area is 73.8 Å². The van der Waals surface area contributed by atoms with E-state index in [2.05, 4.69) is 32.0 Å². The molecule has 0 bridgehead atoms. The second-order valence-corrected chi connectivity index (χ2v) is 3.35. The van der Waals surface area contributed by atoms with Crippen LogP contribution in [-0.2, 0) is 0 Å². The molecule has 0 rings (SSSR count). The number of hydrogen-bond acceptors (Lipinski definition) is 3. The van der Waals surface area contributed by atoms with Gasteiger partial charge in [0, 0.05) is 11.4 Å². The van der Waals surface area contributed by atoms with Crippen LogP contribution in [0.3, 0.4) is 0 Å². The second-order valence-electron chi connectivity index (χ2n) is 2.19. The minimum atomic E-state index is 0.813. The Morgan fingerprint density at radius 3 is 2.50 bits per heavy atom. The molecule has 0 aliphatic rings. The summed E-state index contributed by atoms with van der Waals surface area (Å²) in [5.74, 6) is 0. The lowest BCUT2D eigenvalue weighted by molar-refractivity contribution is 0.625. The number of thiol groups is 2. The Bertz CT molecular complexity index is 150. The van der Waals surface area contributed by atoms with Gasteiger partial charge in [0.15, 0.2) is 0 Å². The predicted octanol–water partition coefficient (Wildman–Crippen LogP) is 2.15. The molecule has 0 amide bonds. The van der Waals surface area contributed by atoms with Crippen LogP contribution in [-0.4, -0.2) is 17.9 Å². The molecule has 0 N–H and O–H groups in total. The average molecular weight is 175 g/mol. The molecule has 0 aliphatic heterocycles. The van der Waals surface area contributed by atoms with E-state index >= 15 is 0 Å². The van der Waals surface area contributed by atoms with Gasteiger partial charge >= 0.3 is 0 Å². The van der Waals surface area contributed by atoms with Gasteiger partial charge in [0.25, 0.3) is 0 Å². The number of likely N-dealkylation sites (N-methyl/N-ethyl adjacent to an activating group) is 1. The number of hydrogen-bond donors (Lipinski definition) is 2. The van der Waals surface area contributed by atoms with E-state index in [1.165, 1.54) is 5.57 Å². The second kappa shape index (κ2) is 4.88. The summed E-state index contributed by atoms with van der Waals surface area (Å²) in [7, 11) is 1.90. The topological polar surface area (TPSA) is 3.24 Å². The number of nitrogens with zero attached hydrogens (tertiary/aromatic N) is 1. The maximum atomic E-state index is 4.20. The van der Waals surface area contributed by atoms with Crippen LogP contribution in [0.25, 0.3) is 0 Å². The highest BCUT2D eigenvalue weighted by molar-refractivity contribution is 7.84. The maximum absolute atomic E-state index is 4.20. The molecule has 0 aliphatic carbocycles. The number of rotatable bonds is 3. The molecular formula is C7H13NS2. The minimum Gasteiger partial charge on any atom is -0.252 e. The zero-order chi connectivity index (χ0) is 8.15. The highest BCUT2D eigenvalue weighted by atomic mass is 32.1. The molecule has 1 nitrogen and oxygen atoms in total. The molecule has 58 valence electrons. The zero-order valence-corrected chi connectivity index (χ0v) is 8.12. The van der Waals surface area contributed by atoms with Crippen molar-refractivity contribution < 1.29 is 0 Å². The molecule has 0 spiro atoms. The first-order valence-electron chi connectivity index (χ1n) is 2.99. The molecule has 0 aromatic rings. The summed E-state index contributed by atoms with van der Waals surface area (Å²) < 4.78 is 1.80. The van der Waals surface area contributed by atoms with Crippen LogP contribution in [0.2, 0.25) is 0 Å². The molecule has 0 heterocycles. The Balaban J connectivity index is 4.04. The van der Waals surface area contributed by atoms with Crippen LogP contribution in [0.15, 0.2) is 23.1 Å². The van der Waals surface area contributed by atoms with E-state index in [1.807, 2.05) is 14.0 Å². The molecule has 3 heteroatoms. The molecule has 0 fully saturated rings. The third-order valence-corrected chi connectivity index (χ3v) is 1.80. The Kier molecular flexibility index (Phi) is 4.95. The molecule has 0 unspecified atom stereocenters. The monoisotopic (exact) mass is 175 g/mol. The summed E-state index contributed by atoms with van der Waals surface area (Å²) in [6.07, 6.45) is 1.73. The van der Waals surface area contributed by atoms with Crippen LogP contribution in [0.1, 0.15) is 6.92 Å². The van der Waals surface area contributed by atoms with Crippen molar-refractivity contribution in [2.75, 3.05) is 13.6 Å². The Hall–Kier alpha value is 0.140. The molecule has 0 saturated carbocycles. The van der Waals surface area contributed by atoms with Gasteiger partial charge in [0.05, 0.1) is 0 Å². The molecule has 0 atom stereocenters. The van der Waals surface area contributed by atoms with Gasteiger partial charge in [-0.2, -0.15) is 0 Å². The molecule has 10 heavy (non-hydrogen) atoms. The van der Waals surface area contributed by atoms with Gasteiger partial charge in [-0.15, -0.1) is 12.6 Å². The molecule has 0 aromatic carbocycles. The summed E-state index contributed by atoms with van der Waals surface area (Å²) >= 11 is 8.30. The van der Waals surface area contributed by atoms with E-state index in [4.69, 9.17) is 0 Å².